The summed E-state index contributed by atoms with van der Waals surface area (Å²) in [5.41, 5.74) is -0.120. The Morgan fingerprint density at radius 1 is 1.28 bits per heavy atom. The molecule has 4 rings (SSSR count). The molecule has 2 N–H and O–H groups in total. The average Bonchev–Trinajstić information content (AvgIpc) is 3.35. The Labute approximate surface area is 178 Å². The molecule has 2 bridgehead atoms. The van der Waals surface area contributed by atoms with Crippen LogP contribution in [0.25, 0.3) is 0 Å². The third kappa shape index (κ3) is 5.05. The van der Waals surface area contributed by atoms with Gasteiger partial charge in [0.05, 0.1) is 4.88 Å². The minimum Gasteiger partial charge on any atom is -0.492 e. The van der Waals surface area contributed by atoms with Gasteiger partial charge in [-0.15, -0.1) is 11.3 Å². The predicted octanol–water partition coefficient (Wildman–Crippen LogP) is 4.46. The van der Waals surface area contributed by atoms with Crippen molar-refractivity contribution in [1.29, 1.82) is 0 Å². The second-order valence-corrected chi connectivity index (χ2v) is 11.4. The van der Waals surface area contributed by atoms with Crippen LogP contribution in [0.15, 0.2) is 0 Å². The van der Waals surface area contributed by atoms with Gasteiger partial charge in [-0.2, -0.15) is 0 Å². The SMILES string of the molecule is CC(C)(C)OC(=O)N1CCC(Cc2sc(CNC34CCC(CC3)C4)nc2O)CC1. The van der Waals surface area contributed by atoms with E-state index in [9.17, 15) is 9.90 Å². The van der Waals surface area contributed by atoms with Crippen LogP contribution in [0, 0.1) is 11.8 Å². The van der Waals surface area contributed by atoms with Crippen molar-refractivity contribution in [1.82, 2.24) is 15.2 Å². The fourth-order valence-corrected chi connectivity index (χ4v) is 6.23. The molecule has 2 heterocycles. The Hall–Kier alpha value is -1.34. The van der Waals surface area contributed by atoms with Gasteiger partial charge in [0.15, 0.2) is 0 Å². The molecule has 2 saturated carbocycles. The number of piperidine rings is 1. The maximum atomic E-state index is 12.2. The number of aromatic hydroxyl groups is 1. The summed E-state index contributed by atoms with van der Waals surface area (Å²) >= 11 is 1.65. The molecule has 0 atom stereocenters. The van der Waals surface area contributed by atoms with Crippen molar-refractivity contribution in [3.63, 3.8) is 0 Å². The lowest BCUT2D eigenvalue weighted by atomic mass is 9.93. The van der Waals surface area contributed by atoms with E-state index in [1.54, 1.807) is 16.2 Å². The van der Waals surface area contributed by atoms with Gasteiger partial charge in [-0.05, 0) is 84.0 Å². The highest BCUT2D eigenvalue weighted by atomic mass is 32.1. The number of nitrogens with zero attached hydrogens (tertiary/aromatic N) is 2. The Bertz CT molecular complexity index is 726. The number of amides is 1. The molecule has 0 radical (unpaired) electrons. The van der Waals surface area contributed by atoms with E-state index in [0.29, 0.717) is 11.5 Å². The molecule has 2 aliphatic carbocycles. The largest absolute Gasteiger partial charge is 0.492 e. The molecule has 162 valence electrons. The summed E-state index contributed by atoms with van der Waals surface area (Å²) in [6.07, 6.45) is 9.13. The monoisotopic (exact) mass is 421 g/mol. The first-order chi connectivity index (χ1) is 13.7. The zero-order valence-corrected chi connectivity index (χ0v) is 18.8. The predicted molar refractivity (Wildman–Crippen MR) is 114 cm³/mol. The number of carbonyl (C=O) groups excluding carboxylic acids is 1. The van der Waals surface area contributed by atoms with Crippen LogP contribution in [0.2, 0.25) is 0 Å². The molecule has 1 aromatic heterocycles. The van der Waals surface area contributed by atoms with Crippen molar-refractivity contribution in [3.8, 4) is 5.88 Å². The zero-order chi connectivity index (χ0) is 20.6. The first-order valence-corrected chi connectivity index (χ1v) is 11.9. The summed E-state index contributed by atoms with van der Waals surface area (Å²) in [4.78, 5) is 19.4. The highest BCUT2D eigenvalue weighted by molar-refractivity contribution is 7.11. The number of fused-ring (bicyclic) bond motifs is 2. The summed E-state index contributed by atoms with van der Waals surface area (Å²) in [6.45, 7) is 7.90. The molecule has 3 aliphatic rings. The van der Waals surface area contributed by atoms with Gasteiger partial charge >= 0.3 is 6.09 Å². The number of carbonyl (C=O) groups is 1. The standard InChI is InChI=1S/C22H35N3O3S/c1-21(2,3)28-20(27)25-10-6-15(7-11-25)12-17-19(26)24-18(29-17)14-23-22-8-4-16(13-22)5-9-22/h15-16,23,26H,4-14H2,1-3H3. The Balaban J connectivity index is 1.26. The zero-order valence-electron chi connectivity index (χ0n) is 18.0. The average molecular weight is 422 g/mol. The number of likely N-dealkylation sites (tertiary alicyclic amines) is 1. The Morgan fingerprint density at radius 2 is 1.97 bits per heavy atom. The van der Waals surface area contributed by atoms with Crippen molar-refractivity contribution >= 4 is 17.4 Å². The molecule has 29 heavy (non-hydrogen) atoms. The van der Waals surface area contributed by atoms with Crippen molar-refractivity contribution in [2.45, 2.75) is 89.8 Å². The van der Waals surface area contributed by atoms with Crippen LogP contribution >= 0.6 is 11.3 Å². The topological polar surface area (TPSA) is 74.7 Å². The number of hydrogen-bond acceptors (Lipinski definition) is 6. The van der Waals surface area contributed by atoms with Crippen molar-refractivity contribution in [2.24, 2.45) is 11.8 Å². The lowest BCUT2D eigenvalue weighted by molar-refractivity contribution is 0.0184. The molecule has 0 spiro atoms. The second-order valence-electron chi connectivity index (χ2n) is 10.3. The molecule has 6 nitrogen and oxygen atoms in total. The number of aromatic nitrogens is 1. The van der Waals surface area contributed by atoms with E-state index in [1.165, 1.54) is 32.1 Å². The summed E-state index contributed by atoms with van der Waals surface area (Å²) in [7, 11) is 0. The smallest absolute Gasteiger partial charge is 0.410 e. The minimum atomic E-state index is -0.454. The van der Waals surface area contributed by atoms with Crippen molar-refractivity contribution in [3.05, 3.63) is 9.88 Å². The van der Waals surface area contributed by atoms with E-state index in [0.717, 1.165) is 54.7 Å². The molecule has 3 fully saturated rings. The van der Waals surface area contributed by atoms with E-state index >= 15 is 0 Å². The molecular formula is C22H35N3O3S. The number of rotatable bonds is 5. The van der Waals surface area contributed by atoms with Gasteiger partial charge in [-0.1, -0.05) is 0 Å². The number of hydrogen-bond donors (Lipinski definition) is 2. The first kappa shape index (κ1) is 20.9. The Kier molecular flexibility index (Phi) is 5.81. The third-order valence-corrected chi connectivity index (χ3v) is 7.88. The molecule has 1 saturated heterocycles. The Morgan fingerprint density at radius 3 is 2.55 bits per heavy atom. The van der Waals surface area contributed by atoms with Gasteiger partial charge < -0.3 is 20.1 Å². The quantitative estimate of drug-likeness (QED) is 0.734. The van der Waals surface area contributed by atoms with Gasteiger partial charge in [-0.3, -0.25) is 0 Å². The first-order valence-electron chi connectivity index (χ1n) is 11.1. The van der Waals surface area contributed by atoms with E-state index in [2.05, 4.69) is 10.3 Å². The molecule has 1 aromatic rings. The lowest BCUT2D eigenvalue weighted by Gasteiger charge is -2.33. The minimum absolute atomic E-state index is 0.203. The van der Waals surface area contributed by atoms with Gasteiger partial charge in [0, 0.05) is 25.2 Å². The van der Waals surface area contributed by atoms with Crippen LogP contribution < -0.4 is 5.32 Å². The lowest BCUT2D eigenvalue weighted by Crippen LogP contribution is -2.42. The van der Waals surface area contributed by atoms with Gasteiger partial charge in [-0.25, -0.2) is 9.78 Å². The van der Waals surface area contributed by atoms with E-state index in [4.69, 9.17) is 4.74 Å². The number of thiazole rings is 1. The van der Waals surface area contributed by atoms with E-state index < -0.39 is 5.60 Å². The second kappa shape index (κ2) is 8.06. The van der Waals surface area contributed by atoms with Crippen molar-refractivity contribution < 1.29 is 14.6 Å². The summed E-state index contributed by atoms with van der Waals surface area (Å²) in [5, 5.41) is 15.1. The van der Waals surface area contributed by atoms with E-state index in [-0.39, 0.29) is 12.0 Å². The third-order valence-electron chi connectivity index (χ3n) is 6.82. The highest BCUT2D eigenvalue weighted by Crippen LogP contribution is 2.47. The maximum Gasteiger partial charge on any atom is 0.410 e. The fourth-order valence-electron chi connectivity index (χ4n) is 5.21. The number of ether oxygens (including phenoxy) is 1. The van der Waals surface area contributed by atoms with Gasteiger partial charge in [0.25, 0.3) is 0 Å². The summed E-state index contributed by atoms with van der Waals surface area (Å²) < 4.78 is 5.47. The molecule has 1 amide bonds. The molecule has 0 aromatic carbocycles. The maximum absolute atomic E-state index is 12.2. The van der Waals surface area contributed by atoms with Crippen LogP contribution in [0.5, 0.6) is 5.88 Å². The number of nitrogens with one attached hydrogen (secondary N) is 1. The van der Waals surface area contributed by atoms with Crippen LogP contribution in [-0.2, 0) is 17.7 Å². The van der Waals surface area contributed by atoms with Crippen LogP contribution in [0.4, 0.5) is 4.79 Å². The summed E-state index contributed by atoms with van der Waals surface area (Å²) in [6, 6.07) is 0. The van der Waals surface area contributed by atoms with E-state index in [1.807, 2.05) is 20.8 Å². The molecular weight excluding hydrogens is 386 g/mol. The van der Waals surface area contributed by atoms with Crippen LogP contribution in [0.3, 0.4) is 0 Å². The molecule has 1 aliphatic heterocycles. The molecule has 0 unspecified atom stereocenters. The highest BCUT2D eigenvalue weighted by Gasteiger charge is 2.44. The van der Waals surface area contributed by atoms with Gasteiger partial charge in [0.1, 0.15) is 10.6 Å². The fraction of sp³-hybridized carbons (Fsp3) is 0.818. The van der Waals surface area contributed by atoms with Crippen LogP contribution in [0.1, 0.15) is 75.6 Å². The summed E-state index contributed by atoms with van der Waals surface area (Å²) in [5.74, 6) is 1.61. The normalized spacial score (nSPS) is 27.6. The van der Waals surface area contributed by atoms with Gasteiger partial charge in [0.2, 0.25) is 5.88 Å². The van der Waals surface area contributed by atoms with Crippen molar-refractivity contribution in [2.75, 3.05) is 13.1 Å². The molecule has 7 heteroatoms. The van der Waals surface area contributed by atoms with Crippen LogP contribution in [-0.4, -0.2) is 45.3 Å².